The summed E-state index contributed by atoms with van der Waals surface area (Å²) < 4.78 is 1.07. The Balaban J connectivity index is 1.99. The van der Waals surface area contributed by atoms with Crippen LogP contribution in [0.4, 0.5) is 5.69 Å². The van der Waals surface area contributed by atoms with Gasteiger partial charge in [0.2, 0.25) is 0 Å². The lowest BCUT2D eigenvalue weighted by atomic mass is 9.94. The molecule has 3 nitrogen and oxygen atoms in total. The third-order valence-corrected chi connectivity index (χ3v) is 3.33. The molecule has 0 heterocycles. The third-order valence-electron chi connectivity index (χ3n) is 2.80. The summed E-state index contributed by atoms with van der Waals surface area (Å²) in [7, 11) is 0. The molecule has 1 fully saturated rings. The van der Waals surface area contributed by atoms with E-state index in [4.69, 9.17) is 5.73 Å². The quantitative estimate of drug-likeness (QED) is 0.819. The van der Waals surface area contributed by atoms with Gasteiger partial charge < -0.3 is 5.73 Å². The molecule has 86 valence electrons. The Morgan fingerprint density at radius 3 is 2.69 bits per heavy atom. The van der Waals surface area contributed by atoms with Gasteiger partial charge in [-0.2, -0.15) is 5.10 Å². The molecule has 0 aliphatic heterocycles. The van der Waals surface area contributed by atoms with Gasteiger partial charge in [-0.1, -0.05) is 22.4 Å². The van der Waals surface area contributed by atoms with E-state index in [0.717, 1.165) is 28.7 Å². The zero-order chi connectivity index (χ0) is 11.4. The SMILES string of the molecule is NC1CCCCC1=NNc1ccc(Br)cc1. The van der Waals surface area contributed by atoms with Gasteiger partial charge >= 0.3 is 0 Å². The fraction of sp³-hybridized carbons (Fsp3) is 0.417. The number of hydrogen-bond donors (Lipinski definition) is 2. The second-order valence-electron chi connectivity index (χ2n) is 4.07. The zero-order valence-corrected chi connectivity index (χ0v) is 10.7. The Morgan fingerprint density at radius 2 is 2.00 bits per heavy atom. The fourth-order valence-electron chi connectivity index (χ4n) is 1.82. The molecule has 1 aromatic rings. The Morgan fingerprint density at radius 1 is 1.25 bits per heavy atom. The summed E-state index contributed by atoms with van der Waals surface area (Å²) in [6.45, 7) is 0. The maximum Gasteiger partial charge on any atom is 0.0562 e. The second kappa shape index (κ2) is 5.46. The van der Waals surface area contributed by atoms with E-state index in [1.807, 2.05) is 24.3 Å². The molecule has 1 aliphatic carbocycles. The number of nitrogens with two attached hydrogens (primary N) is 1. The summed E-state index contributed by atoms with van der Waals surface area (Å²) in [5.41, 5.74) is 11.1. The van der Waals surface area contributed by atoms with Crippen LogP contribution in [-0.4, -0.2) is 11.8 Å². The van der Waals surface area contributed by atoms with Crippen LogP contribution < -0.4 is 11.2 Å². The van der Waals surface area contributed by atoms with Crippen LogP contribution in [0.15, 0.2) is 33.8 Å². The van der Waals surface area contributed by atoms with E-state index in [1.54, 1.807) is 0 Å². The lowest BCUT2D eigenvalue weighted by Crippen LogP contribution is -2.33. The van der Waals surface area contributed by atoms with Gasteiger partial charge in [0, 0.05) is 10.5 Å². The molecular weight excluding hydrogens is 266 g/mol. The van der Waals surface area contributed by atoms with Crippen LogP contribution in [-0.2, 0) is 0 Å². The zero-order valence-electron chi connectivity index (χ0n) is 9.12. The Bertz CT molecular complexity index is 372. The largest absolute Gasteiger partial charge is 0.323 e. The summed E-state index contributed by atoms with van der Waals surface area (Å²) in [6, 6.07) is 8.09. The van der Waals surface area contributed by atoms with E-state index in [9.17, 15) is 0 Å². The molecule has 1 atom stereocenters. The van der Waals surface area contributed by atoms with Crippen molar-refractivity contribution in [3.8, 4) is 0 Å². The lowest BCUT2D eigenvalue weighted by molar-refractivity contribution is 0.606. The fourth-order valence-corrected chi connectivity index (χ4v) is 2.09. The summed E-state index contributed by atoms with van der Waals surface area (Å²) in [5, 5.41) is 4.39. The summed E-state index contributed by atoms with van der Waals surface area (Å²) in [4.78, 5) is 0. The standard InChI is InChI=1S/C12H16BrN3/c13-9-5-7-10(8-6-9)15-16-12-4-2-1-3-11(12)14/h5-8,11,15H,1-4,14H2. The van der Waals surface area contributed by atoms with E-state index in [-0.39, 0.29) is 6.04 Å². The van der Waals surface area contributed by atoms with Crippen LogP contribution in [0.1, 0.15) is 25.7 Å². The molecule has 2 rings (SSSR count). The molecule has 16 heavy (non-hydrogen) atoms. The first-order valence-electron chi connectivity index (χ1n) is 5.59. The average molecular weight is 282 g/mol. The maximum atomic E-state index is 5.99. The Kier molecular flexibility index (Phi) is 3.96. The summed E-state index contributed by atoms with van der Waals surface area (Å²) in [6.07, 6.45) is 4.50. The van der Waals surface area contributed by atoms with Crippen LogP contribution in [0, 0.1) is 0 Å². The van der Waals surface area contributed by atoms with Crippen LogP contribution in [0.25, 0.3) is 0 Å². The molecular formula is C12H16BrN3. The lowest BCUT2D eigenvalue weighted by Gasteiger charge is -2.19. The molecule has 1 aromatic carbocycles. The van der Waals surface area contributed by atoms with E-state index in [2.05, 4.69) is 26.5 Å². The van der Waals surface area contributed by atoms with Gasteiger partial charge in [-0.3, -0.25) is 5.43 Å². The minimum absolute atomic E-state index is 0.136. The van der Waals surface area contributed by atoms with Gasteiger partial charge in [-0.25, -0.2) is 0 Å². The normalized spacial score (nSPS) is 23.4. The predicted octanol–water partition coefficient (Wildman–Crippen LogP) is 3.12. The smallest absolute Gasteiger partial charge is 0.0562 e. The Hall–Kier alpha value is -0.870. The highest BCUT2D eigenvalue weighted by Crippen LogP contribution is 2.16. The number of nitrogens with zero attached hydrogens (tertiary/aromatic N) is 1. The number of rotatable bonds is 2. The molecule has 3 N–H and O–H groups in total. The molecule has 1 unspecified atom stereocenters. The van der Waals surface area contributed by atoms with Crippen molar-refractivity contribution in [3.63, 3.8) is 0 Å². The van der Waals surface area contributed by atoms with Crippen molar-refractivity contribution in [2.45, 2.75) is 31.7 Å². The topological polar surface area (TPSA) is 50.4 Å². The third kappa shape index (κ3) is 3.06. The number of anilines is 1. The molecule has 0 radical (unpaired) electrons. The highest BCUT2D eigenvalue weighted by atomic mass is 79.9. The van der Waals surface area contributed by atoms with Crippen molar-refractivity contribution in [1.82, 2.24) is 0 Å². The number of nitrogens with one attached hydrogen (secondary N) is 1. The average Bonchev–Trinajstić information content (AvgIpc) is 2.30. The highest BCUT2D eigenvalue weighted by Gasteiger charge is 2.15. The van der Waals surface area contributed by atoms with Gasteiger partial charge in [0.25, 0.3) is 0 Å². The highest BCUT2D eigenvalue weighted by molar-refractivity contribution is 9.10. The number of benzene rings is 1. The van der Waals surface area contributed by atoms with E-state index in [1.165, 1.54) is 12.8 Å². The number of hydrazone groups is 1. The van der Waals surface area contributed by atoms with Gasteiger partial charge in [0.15, 0.2) is 0 Å². The molecule has 0 aromatic heterocycles. The monoisotopic (exact) mass is 281 g/mol. The Labute approximate surface area is 104 Å². The van der Waals surface area contributed by atoms with Crippen molar-refractivity contribution < 1.29 is 0 Å². The molecule has 0 saturated heterocycles. The summed E-state index contributed by atoms with van der Waals surface area (Å²) in [5.74, 6) is 0. The number of hydrogen-bond acceptors (Lipinski definition) is 3. The van der Waals surface area contributed by atoms with Gasteiger partial charge in [-0.05, 0) is 43.5 Å². The van der Waals surface area contributed by atoms with Gasteiger partial charge in [0.1, 0.15) is 0 Å². The van der Waals surface area contributed by atoms with E-state index < -0.39 is 0 Å². The first-order valence-corrected chi connectivity index (χ1v) is 6.38. The molecule has 0 amide bonds. The van der Waals surface area contributed by atoms with Crippen molar-refractivity contribution in [2.24, 2.45) is 10.8 Å². The van der Waals surface area contributed by atoms with Crippen LogP contribution >= 0.6 is 15.9 Å². The maximum absolute atomic E-state index is 5.99. The van der Waals surface area contributed by atoms with Crippen molar-refractivity contribution in [1.29, 1.82) is 0 Å². The van der Waals surface area contributed by atoms with E-state index in [0.29, 0.717) is 0 Å². The summed E-state index contributed by atoms with van der Waals surface area (Å²) >= 11 is 3.40. The van der Waals surface area contributed by atoms with Crippen LogP contribution in [0.5, 0.6) is 0 Å². The number of halogens is 1. The van der Waals surface area contributed by atoms with Crippen molar-refractivity contribution in [3.05, 3.63) is 28.7 Å². The van der Waals surface area contributed by atoms with Crippen molar-refractivity contribution in [2.75, 3.05) is 5.43 Å². The van der Waals surface area contributed by atoms with Gasteiger partial charge in [0.05, 0.1) is 11.4 Å². The molecule has 0 spiro atoms. The molecule has 0 bridgehead atoms. The molecule has 1 aliphatic rings. The minimum atomic E-state index is 0.136. The first-order chi connectivity index (χ1) is 7.75. The van der Waals surface area contributed by atoms with Crippen molar-refractivity contribution >= 4 is 27.3 Å². The van der Waals surface area contributed by atoms with Crippen LogP contribution in [0.3, 0.4) is 0 Å². The molecule has 1 saturated carbocycles. The molecule has 4 heteroatoms. The second-order valence-corrected chi connectivity index (χ2v) is 4.99. The minimum Gasteiger partial charge on any atom is -0.323 e. The van der Waals surface area contributed by atoms with Gasteiger partial charge in [-0.15, -0.1) is 0 Å². The van der Waals surface area contributed by atoms with E-state index >= 15 is 0 Å². The predicted molar refractivity (Wildman–Crippen MR) is 71.6 cm³/mol. The van der Waals surface area contributed by atoms with Crippen LogP contribution in [0.2, 0.25) is 0 Å². The first kappa shape index (κ1) is 11.6.